The van der Waals surface area contributed by atoms with E-state index in [1.165, 1.54) is 6.20 Å². The molecule has 1 unspecified atom stereocenters. The molecule has 1 heterocycles. The van der Waals surface area contributed by atoms with Crippen molar-refractivity contribution < 1.29 is 19.4 Å². The molecular weight excluding hydrogens is 334 g/mol. The van der Waals surface area contributed by atoms with Crippen molar-refractivity contribution in [2.24, 2.45) is 0 Å². The fraction of sp³-hybridized carbons (Fsp3) is 0.421. The molecule has 0 aliphatic carbocycles. The van der Waals surface area contributed by atoms with Crippen molar-refractivity contribution in [2.45, 2.75) is 45.6 Å². The molecule has 0 bridgehead atoms. The van der Waals surface area contributed by atoms with Crippen LogP contribution in [0.25, 0.3) is 5.69 Å². The average Bonchev–Trinajstić information content (AvgIpc) is 3.08. The lowest BCUT2D eigenvalue weighted by Crippen LogP contribution is -2.41. The predicted octanol–water partition coefficient (Wildman–Crippen LogP) is 2.82. The van der Waals surface area contributed by atoms with E-state index in [1.54, 1.807) is 11.8 Å². The van der Waals surface area contributed by atoms with Crippen LogP contribution in [0.5, 0.6) is 5.75 Å². The molecule has 26 heavy (non-hydrogen) atoms. The molecule has 0 fully saturated rings. The lowest BCUT2D eigenvalue weighted by atomic mass is 10.1. The van der Waals surface area contributed by atoms with Gasteiger partial charge in [-0.3, -0.25) is 4.79 Å². The van der Waals surface area contributed by atoms with Crippen LogP contribution in [0.2, 0.25) is 0 Å². The van der Waals surface area contributed by atoms with Gasteiger partial charge in [-0.05, 0) is 25.0 Å². The number of carbonyl (C=O) groups excluding carboxylic acids is 1. The van der Waals surface area contributed by atoms with Gasteiger partial charge in [-0.2, -0.15) is 5.10 Å². The predicted molar refractivity (Wildman–Crippen MR) is 97.9 cm³/mol. The summed E-state index contributed by atoms with van der Waals surface area (Å²) in [7, 11) is 1.58. The van der Waals surface area contributed by atoms with Gasteiger partial charge in [0.2, 0.25) is 0 Å². The maximum absolute atomic E-state index is 12.6. The van der Waals surface area contributed by atoms with Gasteiger partial charge in [0.05, 0.1) is 24.6 Å². The van der Waals surface area contributed by atoms with Crippen LogP contribution in [0.15, 0.2) is 30.5 Å². The van der Waals surface area contributed by atoms with Gasteiger partial charge in [-0.1, -0.05) is 38.8 Å². The van der Waals surface area contributed by atoms with Crippen LogP contribution in [-0.4, -0.2) is 39.9 Å². The minimum absolute atomic E-state index is 0.376. The number of unbranched alkanes of at least 4 members (excludes halogenated alkanes) is 1. The Kier molecular flexibility index (Phi) is 6.77. The first-order chi connectivity index (χ1) is 12.5. The molecule has 0 saturated carbocycles. The molecule has 2 rings (SSSR count). The number of methoxy groups -OCH3 is 1. The SMILES string of the molecule is CCCCC(NC(=O)c1cnn(-c2ccccc2OC)c1CC)C(=O)O. The van der Waals surface area contributed by atoms with Gasteiger partial charge >= 0.3 is 5.97 Å². The normalized spacial score (nSPS) is 11.8. The molecule has 0 radical (unpaired) electrons. The number of nitrogens with one attached hydrogen (secondary N) is 1. The Labute approximate surface area is 153 Å². The Bertz CT molecular complexity index is 770. The van der Waals surface area contributed by atoms with Gasteiger partial charge in [-0.25, -0.2) is 9.48 Å². The number of carboxylic acid groups (broad SMARTS) is 1. The summed E-state index contributed by atoms with van der Waals surface area (Å²) < 4.78 is 7.03. The number of hydrogen-bond acceptors (Lipinski definition) is 4. The Morgan fingerprint density at radius 3 is 2.65 bits per heavy atom. The van der Waals surface area contributed by atoms with Crippen LogP contribution in [0, 0.1) is 0 Å². The van der Waals surface area contributed by atoms with E-state index in [4.69, 9.17) is 4.74 Å². The Morgan fingerprint density at radius 1 is 1.31 bits per heavy atom. The largest absolute Gasteiger partial charge is 0.494 e. The summed E-state index contributed by atoms with van der Waals surface area (Å²) in [6.45, 7) is 3.90. The second kappa shape index (κ2) is 9.03. The number of para-hydroxylation sites is 2. The summed E-state index contributed by atoms with van der Waals surface area (Å²) in [5, 5.41) is 16.3. The zero-order valence-electron chi connectivity index (χ0n) is 15.4. The number of hydrogen-bond donors (Lipinski definition) is 2. The number of ether oxygens (including phenoxy) is 1. The number of aliphatic carboxylic acids is 1. The molecule has 140 valence electrons. The third-order valence-corrected chi connectivity index (χ3v) is 4.21. The molecule has 1 aromatic heterocycles. The van der Waals surface area contributed by atoms with Crippen LogP contribution in [0.1, 0.15) is 49.2 Å². The molecule has 2 N–H and O–H groups in total. The lowest BCUT2D eigenvalue weighted by Gasteiger charge is -2.15. The van der Waals surface area contributed by atoms with E-state index in [1.807, 2.05) is 38.1 Å². The smallest absolute Gasteiger partial charge is 0.326 e. The Morgan fingerprint density at radius 2 is 2.04 bits per heavy atom. The van der Waals surface area contributed by atoms with E-state index in [0.717, 1.165) is 18.5 Å². The van der Waals surface area contributed by atoms with Gasteiger partial charge in [0.1, 0.15) is 17.5 Å². The molecule has 1 atom stereocenters. The van der Waals surface area contributed by atoms with Crippen molar-refractivity contribution in [1.82, 2.24) is 15.1 Å². The van der Waals surface area contributed by atoms with Crippen molar-refractivity contribution in [3.05, 3.63) is 41.7 Å². The van der Waals surface area contributed by atoms with Crippen LogP contribution >= 0.6 is 0 Å². The third kappa shape index (κ3) is 4.22. The van der Waals surface area contributed by atoms with Gasteiger partial charge in [0, 0.05) is 0 Å². The first-order valence-corrected chi connectivity index (χ1v) is 8.77. The number of amides is 1. The maximum atomic E-state index is 12.6. The third-order valence-electron chi connectivity index (χ3n) is 4.21. The van der Waals surface area contributed by atoms with Crippen molar-refractivity contribution in [1.29, 1.82) is 0 Å². The molecule has 1 amide bonds. The van der Waals surface area contributed by atoms with Crippen molar-refractivity contribution in [3.8, 4) is 11.4 Å². The van der Waals surface area contributed by atoms with Gasteiger partial charge in [0.25, 0.3) is 5.91 Å². The van der Waals surface area contributed by atoms with E-state index in [2.05, 4.69) is 10.4 Å². The molecule has 7 nitrogen and oxygen atoms in total. The van der Waals surface area contributed by atoms with E-state index in [0.29, 0.717) is 29.8 Å². The summed E-state index contributed by atoms with van der Waals surface area (Å²) in [5.74, 6) is -0.808. The molecule has 0 aliphatic rings. The minimum Gasteiger partial charge on any atom is -0.494 e. The zero-order valence-corrected chi connectivity index (χ0v) is 15.4. The molecule has 0 saturated heterocycles. The highest BCUT2D eigenvalue weighted by atomic mass is 16.5. The van der Waals surface area contributed by atoms with Crippen LogP contribution < -0.4 is 10.1 Å². The number of aromatic nitrogens is 2. The van der Waals surface area contributed by atoms with Crippen molar-refractivity contribution in [3.63, 3.8) is 0 Å². The standard InChI is InChI=1S/C19H25N3O4/c1-4-6-9-14(19(24)25)21-18(23)13-12-20-22(15(13)5-2)16-10-7-8-11-17(16)26-3/h7-8,10-12,14H,4-6,9H2,1-3H3,(H,21,23)(H,24,25). The van der Waals surface area contributed by atoms with Crippen molar-refractivity contribution >= 4 is 11.9 Å². The minimum atomic E-state index is -1.03. The lowest BCUT2D eigenvalue weighted by molar-refractivity contribution is -0.139. The molecular formula is C19H25N3O4. The average molecular weight is 359 g/mol. The molecule has 7 heteroatoms. The summed E-state index contributed by atoms with van der Waals surface area (Å²) in [6, 6.07) is 6.50. The number of nitrogens with zero attached hydrogens (tertiary/aromatic N) is 2. The zero-order chi connectivity index (χ0) is 19.1. The van der Waals surface area contributed by atoms with Gasteiger partial charge in [0.15, 0.2) is 0 Å². The number of carboxylic acids is 1. The molecule has 0 aliphatic heterocycles. The van der Waals surface area contributed by atoms with E-state index in [-0.39, 0.29) is 0 Å². The van der Waals surface area contributed by atoms with Gasteiger partial charge in [-0.15, -0.1) is 0 Å². The summed E-state index contributed by atoms with van der Waals surface area (Å²) in [4.78, 5) is 24.0. The van der Waals surface area contributed by atoms with E-state index < -0.39 is 17.9 Å². The number of benzene rings is 1. The highest BCUT2D eigenvalue weighted by molar-refractivity contribution is 5.97. The van der Waals surface area contributed by atoms with Gasteiger partial charge < -0.3 is 15.2 Å². The highest BCUT2D eigenvalue weighted by Gasteiger charge is 2.24. The Balaban J connectivity index is 2.32. The van der Waals surface area contributed by atoms with E-state index in [9.17, 15) is 14.7 Å². The highest BCUT2D eigenvalue weighted by Crippen LogP contribution is 2.24. The first-order valence-electron chi connectivity index (χ1n) is 8.77. The van der Waals surface area contributed by atoms with Crippen molar-refractivity contribution in [2.75, 3.05) is 7.11 Å². The second-order valence-electron chi connectivity index (χ2n) is 5.95. The Hall–Kier alpha value is -2.83. The van der Waals surface area contributed by atoms with Crippen LogP contribution in [-0.2, 0) is 11.2 Å². The maximum Gasteiger partial charge on any atom is 0.326 e. The quantitative estimate of drug-likeness (QED) is 0.718. The molecule has 1 aromatic carbocycles. The molecule has 2 aromatic rings. The number of carbonyl (C=O) groups is 2. The molecule has 0 spiro atoms. The topological polar surface area (TPSA) is 93.5 Å². The van der Waals surface area contributed by atoms with E-state index >= 15 is 0 Å². The fourth-order valence-corrected chi connectivity index (χ4v) is 2.82. The van der Waals surface area contributed by atoms with Crippen LogP contribution in [0.3, 0.4) is 0 Å². The second-order valence-corrected chi connectivity index (χ2v) is 5.95. The monoisotopic (exact) mass is 359 g/mol. The fourth-order valence-electron chi connectivity index (χ4n) is 2.82. The van der Waals surface area contributed by atoms with Crippen LogP contribution in [0.4, 0.5) is 0 Å². The first kappa shape index (κ1) is 19.5. The summed E-state index contributed by atoms with van der Waals surface area (Å²) in [6.07, 6.45) is 4.04. The summed E-state index contributed by atoms with van der Waals surface area (Å²) >= 11 is 0. The summed E-state index contributed by atoms with van der Waals surface area (Å²) in [5.41, 5.74) is 1.81. The number of rotatable bonds is 9.